The van der Waals surface area contributed by atoms with Crippen molar-refractivity contribution >= 4 is 97.7 Å². The molecule has 0 aliphatic rings. The summed E-state index contributed by atoms with van der Waals surface area (Å²) in [6, 6.07) is 0. The quantitative estimate of drug-likeness (QED) is 0.213. The summed E-state index contributed by atoms with van der Waals surface area (Å²) in [5, 5.41) is 0. The molecule has 0 aromatic heterocycles. The van der Waals surface area contributed by atoms with Crippen LogP contribution in [0, 0.1) is 0 Å². The molecule has 0 aromatic carbocycles. The second-order valence-corrected chi connectivity index (χ2v) is 0. The molecule has 12 N–H and O–H groups in total. The van der Waals surface area contributed by atoms with E-state index in [0.717, 1.165) is 0 Å². The first-order valence-corrected chi connectivity index (χ1v) is 0. The maximum atomic E-state index is 0. The Morgan fingerprint density at radius 3 is 0.158 bits per heavy atom. The van der Waals surface area contributed by atoms with Gasteiger partial charge in [0.25, 0.3) is 0 Å². The zero-order valence-electron chi connectivity index (χ0n) is 8.66. The fraction of sp³-hybridized carbons (Fsp3) is 0. The van der Waals surface area contributed by atoms with Gasteiger partial charge in [-0.15, -0.1) is 0 Å². The standard InChI is InChI=1S/12H2O.4Sb.3Ti/h12*1H2;;;;;;;/q;;;;;;;;;;;;4*+3;;;/p-12. The first-order valence-electron chi connectivity index (χ1n) is 0. The van der Waals surface area contributed by atoms with Crippen molar-refractivity contribution in [3.63, 3.8) is 0 Å². The Morgan fingerprint density at radius 1 is 0.158 bits per heavy atom. The zero-order valence-corrected chi connectivity index (χ0v) is 23.6. The minimum Gasteiger partial charge on any atom is -0.870 e. The molecule has 0 fully saturated rings. The monoisotopic (exact) mass is 831 g/mol. The SMILES string of the molecule is [OH-].[OH-].[OH-].[OH-].[OH-].[OH-].[OH-].[OH-].[OH-].[OH-].[OH-].[OH-].[Sb+3].[Sb+3].[Sb+3].[Sb+3].[Ti].[Ti].[Ti]. The van der Waals surface area contributed by atoms with Gasteiger partial charge in [-0.25, -0.2) is 0 Å². The van der Waals surface area contributed by atoms with Crippen molar-refractivity contribution in [1.82, 2.24) is 0 Å². The van der Waals surface area contributed by atoms with Crippen LogP contribution in [0.5, 0.6) is 0 Å². The van der Waals surface area contributed by atoms with Crippen molar-refractivity contribution in [2.24, 2.45) is 0 Å². The molecule has 0 amide bonds. The van der Waals surface area contributed by atoms with Crippen LogP contribution in [0.25, 0.3) is 0 Å². The summed E-state index contributed by atoms with van der Waals surface area (Å²) in [4.78, 5) is 0. The predicted octanol–water partition coefficient (Wildman–Crippen LogP) is -3.65. The fourth-order valence-corrected chi connectivity index (χ4v) is 0. The van der Waals surface area contributed by atoms with Gasteiger partial charge in [0.2, 0.25) is 0 Å². The summed E-state index contributed by atoms with van der Waals surface area (Å²) in [6.07, 6.45) is 0. The number of hydrogen-bond acceptors (Lipinski definition) is 12. The van der Waals surface area contributed by atoms with Gasteiger partial charge >= 0.3 is 97.7 Å². The smallest absolute Gasteiger partial charge is 0.870 e. The van der Waals surface area contributed by atoms with Gasteiger partial charge in [-0.1, -0.05) is 0 Å². The maximum Gasteiger partial charge on any atom is 3.00 e. The summed E-state index contributed by atoms with van der Waals surface area (Å²) < 4.78 is 0. The molecule has 0 aliphatic heterocycles. The summed E-state index contributed by atoms with van der Waals surface area (Å²) in [5.41, 5.74) is 0. The van der Waals surface area contributed by atoms with Crippen molar-refractivity contribution in [3.8, 4) is 0 Å². The van der Waals surface area contributed by atoms with Gasteiger partial charge in [-0.2, -0.15) is 0 Å². The summed E-state index contributed by atoms with van der Waals surface area (Å²) >= 11 is 0. The molecule has 12 nitrogen and oxygen atoms in total. The molecule has 8 radical (unpaired) electrons. The Morgan fingerprint density at radius 2 is 0.158 bits per heavy atom. The van der Waals surface area contributed by atoms with E-state index in [1.165, 1.54) is 0 Å². The van der Waals surface area contributed by atoms with E-state index in [9.17, 15) is 0 Å². The van der Waals surface area contributed by atoms with Gasteiger partial charge in [-0.3, -0.25) is 0 Å². The zero-order chi connectivity index (χ0) is 0. The third kappa shape index (κ3) is 413. The van der Waals surface area contributed by atoms with Crippen LogP contribution in [0.3, 0.4) is 0 Å². The normalized spacial score (nSPS) is 0. The molecule has 116 valence electrons. The Kier molecular flexibility index (Phi) is 12300. The molecule has 0 aliphatic carbocycles. The molecule has 19 heteroatoms. The van der Waals surface area contributed by atoms with E-state index in [2.05, 4.69) is 0 Å². The van der Waals surface area contributed by atoms with Gasteiger partial charge < -0.3 is 65.7 Å². The van der Waals surface area contributed by atoms with Crippen LogP contribution in [-0.4, -0.2) is 163 Å². The van der Waals surface area contributed by atoms with Crippen molar-refractivity contribution in [2.45, 2.75) is 0 Å². The molecule has 0 unspecified atom stereocenters. The van der Waals surface area contributed by atoms with Crippen LogP contribution < -0.4 is 0 Å². The summed E-state index contributed by atoms with van der Waals surface area (Å²) in [5.74, 6) is 0. The summed E-state index contributed by atoms with van der Waals surface area (Å²) in [6.45, 7) is 0. The second-order valence-electron chi connectivity index (χ2n) is 0. The van der Waals surface area contributed by atoms with E-state index in [4.69, 9.17) is 0 Å². The molecule has 0 atom stereocenters. The molecule has 0 spiro atoms. The van der Waals surface area contributed by atoms with E-state index < -0.39 is 0 Å². The minimum atomic E-state index is 0. The van der Waals surface area contributed by atoms with E-state index >= 15 is 0 Å². The Labute approximate surface area is 224 Å². The van der Waals surface area contributed by atoms with E-state index in [-0.39, 0.29) is 229 Å². The average molecular weight is 835 g/mol. The van der Waals surface area contributed by atoms with Crippen LogP contribution in [0.2, 0.25) is 0 Å². The molecule has 0 bridgehead atoms. The topological polar surface area (TPSA) is 360 Å². The average Bonchev–Trinajstić information content (AvgIpc) is 0. The van der Waals surface area contributed by atoms with Crippen molar-refractivity contribution in [3.05, 3.63) is 0 Å². The second kappa shape index (κ2) is 453. The minimum absolute atomic E-state index is 0. The number of rotatable bonds is 0. The van der Waals surface area contributed by atoms with Crippen LogP contribution >= 0.6 is 0 Å². The Balaban J connectivity index is 0. The van der Waals surface area contributed by atoms with Crippen LogP contribution in [0.1, 0.15) is 0 Å². The van der Waals surface area contributed by atoms with Crippen molar-refractivity contribution < 1.29 is 131 Å². The molecule has 0 saturated carbocycles. The van der Waals surface area contributed by atoms with E-state index in [1.54, 1.807) is 0 Å². The van der Waals surface area contributed by atoms with E-state index in [0.29, 0.717) is 0 Å². The van der Waals surface area contributed by atoms with Gasteiger partial charge in [-0.05, 0) is 0 Å². The largest absolute Gasteiger partial charge is 3.00 e. The van der Waals surface area contributed by atoms with Gasteiger partial charge in [0, 0.05) is 65.2 Å². The molecule has 0 rings (SSSR count). The maximum absolute atomic E-state index is 0. The van der Waals surface area contributed by atoms with E-state index in [1.807, 2.05) is 0 Å². The molecular weight excluding hydrogens is 823 g/mol. The van der Waals surface area contributed by atoms with Crippen molar-refractivity contribution in [2.75, 3.05) is 0 Å². The predicted molar refractivity (Wildman–Crippen MR) is 46.2 cm³/mol. The molecule has 0 aromatic rings. The van der Waals surface area contributed by atoms with Crippen LogP contribution in [0.15, 0.2) is 0 Å². The van der Waals surface area contributed by atoms with Gasteiger partial charge in [0.1, 0.15) is 0 Å². The molecule has 19 heavy (non-hydrogen) atoms. The summed E-state index contributed by atoms with van der Waals surface area (Å²) in [7, 11) is 0. The molecule has 0 heterocycles. The third-order valence-corrected chi connectivity index (χ3v) is 0. The van der Waals surface area contributed by atoms with Gasteiger partial charge in [0.15, 0.2) is 0 Å². The van der Waals surface area contributed by atoms with Crippen LogP contribution in [-0.2, 0) is 65.2 Å². The third-order valence-electron chi connectivity index (χ3n) is 0. The first-order chi connectivity index (χ1) is 0. The first kappa shape index (κ1) is 517. The molecule has 0 saturated heterocycles. The van der Waals surface area contributed by atoms with Gasteiger partial charge in [0.05, 0.1) is 0 Å². The Bertz CT molecular complexity index is 24.9. The fourth-order valence-electron chi connectivity index (χ4n) is 0. The number of hydrogen-bond donors (Lipinski definition) is 0. The van der Waals surface area contributed by atoms with Crippen molar-refractivity contribution in [1.29, 1.82) is 0 Å². The van der Waals surface area contributed by atoms with Crippen LogP contribution in [0.4, 0.5) is 0 Å². The molecular formula is H12O12Sb4Ti3. The Hall–Kier alpha value is 4.94.